The Bertz CT molecular complexity index is 506. The summed E-state index contributed by atoms with van der Waals surface area (Å²) < 4.78 is 15.2. The van der Waals surface area contributed by atoms with Gasteiger partial charge in [-0.05, 0) is 61.7 Å². The average molecular weight is 215 g/mol. The summed E-state index contributed by atoms with van der Waals surface area (Å²) in [5.41, 5.74) is 3.60. The van der Waals surface area contributed by atoms with E-state index in [1.807, 2.05) is 12.1 Å². The average Bonchev–Trinajstić information content (AvgIpc) is 3.04. The van der Waals surface area contributed by atoms with Crippen molar-refractivity contribution >= 4 is 0 Å². The van der Waals surface area contributed by atoms with Gasteiger partial charge in [-0.3, -0.25) is 0 Å². The molecule has 1 aliphatic carbocycles. The Morgan fingerprint density at radius 1 is 1.06 bits per heavy atom. The van der Waals surface area contributed by atoms with Crippen molar-refractivity contribution in [3.63, 3.8) is 0 Å². The van der Waals surface area contributed by atoms with Gasteiger partial charge in [0.05, 0.1) is 0 Å². The second-order valence-corrected chi connectivity index (χ2v) is 4.47. The number of nitrogens with zero attached hydrogens (tertiary/aromatic N) is 1. The van der Waals surface area contributed by atoms with Crippen LogP contribution in [-0.4, -0.2) is 4.57 Å². The van der Waals surface area contributed by atoms with Gasteiger partial charge in [0.1, 0.15) is 5.82 Å². The zero-order valence-corrected chi connectivity index (χ0v) is 9.28. The van der Waals surface area contributed by atoms with Gasteiger partial charge in [-0.15, -0.1) is 0 Å². The molecule has 2 heteroatoms. The molecule has 1 saturated carbocycles. The van der Waals surface area contributed by atoms with Gasteiger partial charge in [-0.2, -0.15) is 0 Å². The highest BCUT2D eigenvalue weighted by molar-refractivity contribution is 5.61. The normalized spacial score (nSPS) is 15.4. The standard InChI is InChI=1S/C14H14FN/c1-10-2-9-14(16(10)13-7-8-13)11-3-5-12(15)6-4-11/h2-6,9,13H,7-8H2,1H3. The Kier molecular flexibility index (Phi) is 2.10. The monoisotopic (exact) mass is 215 g/mol. The topological polar surface area (TPSA) is 4.93 Å². The molecule has 0 bridgehead atoms. The number of aromatic nitrogens is 1. The SMILES string of the molecule is Cc1ccc(-c2ccc(F)cc2)n1C1CC1. The van der Waals surface area contributed by atoms with Crippen molar-refractivity contribution in [2.24, 2.45) is 0 Å². The number of aryl methyl sites for hydroxylation is 1. The molecule has 1 aromatic heterocycles. The van der Waals surface area contributed by atoms with Gasteiger partial charge in [-0.1, -0.05) is 0 Å². The fourth-order valence-electron chi connectivity index (χ4n) is 2.22. The molecule has 0 N–H and O–H groups in total. The number of rotatable bonds is 2. The zero-order chi connectivity index (χ0) is 11.1. The van der Waals surface area contributed by atoms with Crippen LogP contribution in [0.3, 0.4) is 0 Å². The van der Waals surface area contributed by atoms with Crippen LogP contribution in [0.15, 0.2) is 36.4 Å². The molecular formula is C14H14FN. The van der Waals surface area contributed by atoms with Crippen LogP contribution in [0.2, 0.25) is 0 Å². The molecule has 0 amide bonds. The number of hydrogen-bond donors (Lipinski definition) is 0. The van der Waals surface area contributed by atoms with Crippen LogP contribution in [0.1, 0.15) is 24.6 Å². The van der Waals surface area contributed by atoms with Crippen molar-refractivity contribution in [2.45, 2.75) is 25.8 Å². The summed E-state index contributed by atoms with van der Waals surface area (Å²) in [5, 5.41) is 0. The smallest absolute Gasteiger partial charge is 0.123 e. The lowest BCUT2D eigenvalue weighted by Gasteiger charge is -2.10. The Labute approximate surface area is 94.5 Å². The maximum absolute atomic E-state index is 12.9. The van der Waals surface area contributed by atoms with Gasteiger partial charge in [0, 0.05) is 17.4 Å². The summed E-state index contributed by atoms with van der Waals surface area (Å²) >= 11 is 0. The first-order chi connectivity index (χ1) is 7.75. The Hall–Kier alpha value is -1.57. The highest BCUT2D eigenvalue weighted by Crippen LogP contribution is 2.40. The van der Waals surface area contributed by atoms with Crippen molar-refractivity contribution < 1.29 is 4.39 Å². The fraction of sp³-hybridized carbons (Fsp3) is 0.286. The quantitative estimate of drug-likeness (QED) is 0.715. The van der Waals surface area contributed by atoms with Crippen LogP contribution >= 0.6 is 0 Å². The van der Waals surface area contributed by atoms with E-state index in [0.29, 0.717) is 6.04 Å². The minimum absolute atomic E-state index is 0.176. The summed E-state index contributed by atoms with van der Waals surface area (Å²) in [6.07, 6.45) is 2.54. The summed E-state index contributed by atoms with van der Waals surface area (Å²) in [4.78, 5) is 0. The second kappa shape index (κ2) is 3.48. The summed E-state index contributed by atoms with van der Waals surface area (Å²) in [5.74, 6) is -0.176. The molecule has 1 aromatic carbocycles. The van der Waals surface area contributed by atoms with Crippen molar-refractivity contribution in [1.82, 2.24) is 4.57 Å². The lowest BCUT2D eigenvalue weighted by atomic mass is 10.1. The molecule has 16 heavy (non-hydrogen) atoms. The minimum atomic E-state index is -0.176. The molecule has 1 heterocycles. The molecule has 1 aliphatic rings. The van der Waals surface area contributed by atoms with Crippen molar-refractivity contribution in [1.29, 1.82) is 0 Å². The number of benzene rings is 1. The van der Waals surface area contributed by atoms with Crippen LogP contribution in [0.4, 0.5) is 4.39 Å². The largest absolute Gasteiger partial charge is 0.342 e. The zero-order valence-electron chi connectivity index (χ0n) is 9.28. The molecule has 2 aromatic rings. The summed E-state index contributed by atoms with van der Waals surface area (Å²) in [7, 11) is 0. The van der Waals surface area contributed by atoms with E-state index >= 15 is 0 Å². The Balaban J connectivity index is 2.08. The van der Waals surface area contributed by atoms with Crippen LogP contribution in [0, 0.1) is 12.7 Å². The lowest BCUT2D eigenvalue weighted by molar-refractivity contribution is 0.628. The van der Waals surface area contributed by atoms with Gasteiger partial charge < -0.3 is 4.57 Å². The lowest BCUT2D eigenvalue weighted by Crippen LogP contribution is -1.98. The highest BCUT2D eigenvalue weighted by Gasteiger charge is 2.26. The summed E-state index contributed by atoms with van der Waals surface area (Å²) in [6.45, 7) is 2.13. The first kappa shape index (κ1) is 9.64. The van der Waals surface area contributed by atoms with Crippen LogP contribution in [0.5, 0.6) is 0 Å². The molecule has 0 unspecified atom stereocenters. The molecular weight excluding hydrogens is 201 g/mol. The maximum Gasteiger partial charge on any atom is 0.123 e. The van der Waals surface area contributed by atoms with E-state index in [1.165, 1.54) is 36.4 Å². The van der Waals surface area contributed by atoms with E-state index in [1.54, 1.807) is 0 Å². The van der Waals surface area contributed by atoms with E-state index in [2.05, 4.69) is 23.6 Å². The molecule has 0 spiro atoms. The van der Waals surface area contributed by atoms with Crippen LogP contribution < -0.4 is 0 Å². The van der Waals surface area contributed by atoms with E-state index in [0.717, 1.165) is 5.56 Å². The van der Waals surface area contributed by atoms with E-state index in [-0.39, 0.29) is 5.82 Å². The van der Waals surface area contributed by atoms with Gasteiger partial charge in [-0.25, -0.2) is 4.39 Å². The van der Waals surface area contributed by atoms with Crippen LogP contribution in [0.25, 0.3) is 11.3 Å². The van der Waals surface area contributed by atoms with Crippen molar-refractivity contribution in [3.05, 3.63) is 47.9 Å². The first-order valence-corrected chi connectivity index (χ1v) is 5.69. The van der Waals surface area contributed by atoms with E-state index < -0.39 is 0 Å². The Morgan fingerprint density at radius 2 is 1.75 bits per heavy atom. The third-order valence-electron chi connectivity index (χ3n) is 3.17. The molecule has 1 nitrogen and oxygen atoms in total. The molecule has 1 fully saturated rings. The molecule has 0 aliphatic heterocycles. The maximum atomic E-state index is 12.9. The third-order valence-corrected chi connectivity index (χ3v) is 3.17. The van der Waals surface area contributed by atoms with Gasteiger partial charge >= 0.3 is 0 Å². The first-order valence-electron chi connectivity index (χ1n) is 5.69. The molecule has 0 radical (unpaired) electrons. The molecule has 0 saturated heterocycles. The summed E-state index contributed by atoms with van der Waals surface area (Å²) in [6, 6.07) is 11.7. The number of halogens is 1. The van der Waals surface area contributed by atoms with Crippen molar-refractivity contribution in [3.8, 4) is 11.3 Å². The predicted octanol–water partition coefficient (Wildman–Crippen LogP) is 3.94. The van der Waals surface area contributed by atoms with Crippen molar-refractivity contribution in [2.75, 3.05) is 0 Å². The molecule has 82 valence electrons. The van der Waals surface area contributed by atoms with Gasteiger partial charge in [0.2, 0.25) is 0 Å². The van der Waals surface area contributed by atoms with Gasteiger partial charge in [0.25, 0.3) is 0 Å². The van der Waals surface area contributed by atoms with E-state index in [4.69, 9.17) is 0 Å². The van der Waals surface area contributed by atoms with E-state index in [9.17, 15) is 4.39 Å². The second-order valence-electron chi connectivity index (χ2n) is 4.47. The van der Waals surface area contributed by atoms with Gasteiger partial charge in [0.15, 0.2) is 0 Å². The predicted molar refractivity (Wildman–Crippen MR) is 62.8 cm³/mol. The molecule has 0 atom stereocenters. The molecule has 3 rings (SSSR count). The van der Waals surface area contributed by atoms with Crippen LogP contribution in [-0.2, 0) is 0 Å². The Morgan fingerprint density at radius 3 is 2.38 bits per heavy atom. The fourth-order valence-corrected chi connectivity index (χ4v) is 2.22. The third kappa shape index (κ3) is 1.54. The minimum Gasteiger partial charge on any atom is -0.342 e. The number of hydrogen-bond acceptors (Lipinski definition) is 0. The highest BCUT2D eigenvalue weighted by atomic mass is 19.1.